The van der Waals surface area contributed by atoms with Gasteiger partial charge in [-0.2, -0.15) is 0 Å². The van der Waals surface area contributed by atoms with Gasteiger partial charge < -0.3 is 10.1 Å². The summed E-state index contributed by atoms with van der Waals surface area (Å²) in [5.41, 5.74) is 1.25. The van der Waals surface area contributed by atoms with E-state index in [9.17, 15) is 9.59 Å². The highest BCUT2D eigenvalue weighted by atomic mass is 35.5. The van der Waals surface area contributed by atoms with Crippen molar-refractivity contribution in [1.29, 1.82) is 0 Å². The molecule has 0 saturated heterocycles. The van der Waals surface area contributed by atoms with Crippen LogP contribution in [0.4, 0.5) is 5.69 Å². The molecule has 0 saturated carbocycles. The fraction of sp³-hybridized carbons (Fsp3) is 0.0588. The lowest BCUT2D eigenvalue weighted by atomic mass is 10.2. The molecule has 0 atom stereocenters. The first-order chi connectivity index (χ1) is 11.4. The van der Waals surface area contributed by atoms with E-state index in [0.717, 1.165) is 0 Å². The molecule has 0 radical (unpaired) electrons. The Balaban J connectivity index is 1.81. The monoisotopic (exact) mass is 383 g/mol. The standard InChI is InChI=1S/C17H12Cl3NO3/c18-12-3-5-13(6-4-12)21-16(22)10-24-17(23)8-2-11-1-7-14(19)15(20)9-11/h1-9H,10H2,(H,21,22). The number of esters is 1. The Hall–Kier alpha value is -2.01. The van der Waals surface area contributed by atoms with Crippen molar-refractivity contribution < 1.29 is 14.3 Å². The lowest BCUT2D eigenvalue weighted by Gasteiger charge is -2.05. The van der Waals surface area contributed by atoms with Crippen LogP contribution in [0.2, 0.25) is 15.1 Å². The third-order valence-corrected chi connectivity index (χ3v) is 3.82. The molecule has 2 rings (SSSR count). The molecule has 0 fully saturated rings. The SMILES string of the molecule is O=C(COC(=O)C=Cc1ccc(Cl)c(Cl)c1)Nc1ccc(Cl)cc1. The normalized spacial score (nSPS) is 10.6. The van der Waals surface area contributed by atoms with Crippen molar-refractivity contribution >= 4 is 58.4 Å². The van der Waals surface area contributed by atoms with E-state index < -0.39 is 18.5 Å². The number of hydrogen-bond donors (Lipinski definition) is 1. The zero-order valence-corrected chi connectivity index (χ0v) is 14.5. The minimum atomic E-state index is -0.646. The molecule has 0 aromatic heterocycles. The first kappa shape index (κ1) is 18.3. The van der Waals surface area contributed by atoms with Gasteiger partial charge in [0, 0.05) is 16.8 Å². The van der Waals surface area contributed by atoms with Crippen LogP contribution in [-0.4, -0.2) is 18.5 Å². The van der Waals surface area contributed by atoms with E-state index in [4.69, 9.17) is 39.5 Å². The lowest BCUT2D eigenvalue weighted by molar-refractivity contribution is -0.142. The van der Waals surface area contributed by atoms with Crippen LogP contribution in [-0.2, 0) is 14.3 Å². The van der Waals surface area contributed by atoms with Crippen LogP contribution < -0.4 is 5.32 Å². The van der Waals surface area contributed by atoms with Crippen LogP contribution in [0.5, 0.6) is 0 Å². The maximum absolute atomic E-state index is 11.7. The number of benzene rings is 2. The van der Waals surface area contributed by atoms with Crippen LogP contribution in [0, 0.1) is 0 Å². The Labute approximate surface area is 154 Å². The van der Waals surface area contributed by atoms with Gasteiger partial charge in [-0.1, -0.05) is 40.9 Å². The smallest absolute Gasteiger partial charge is 0.331 e. The highest BCUT2D eigenvalue weighted by Gasteiger charge is 2.06. The van der Waals surface area contributed by atoms with Crippen molar-refractivity contribution in [2.45, 2.75) is 0 Å². The fourth-order valence-corrected chi connectivity index (χ4v) is 2.13. The van der Waals surface area contributed by atoms with Crippen molar-refractivity contribution in [1.82, 2.24) is 0 Å². The minimum Gasteiger partial charge on any atom is -0.452 e. The molecule has 4 nitrogen and oxygen atoms in total. The second kappa shape index (κ2) is 8.73. The lowest BCUT2D eigenvalue weighted by Crippen LogP contribution is -2.20. The molecule has 0 heterocycles. The molecule has 7 heteroatoms. The quantitative estimate of drug-likeness (QED) is 0.592. The molecule has 124 valence electrons. The van der Waals surface area contributed by atoms with Crippen LogP contribution in [0.1, 0.15) is 5.56 Å². The van der Waals surface area contributed by atoms with E-state index >= 15 is 0 Å². The first-order valence-electron chi connectivity index (χ1n) is 6.79. The second-order valence-electron chi connectivity index (χ2n) is 4.67. The maximum atomic E-state index is 11.7. The Morgan fingerprint density at radius 1 is 1.00 bits per heavy atom. The molecule has 1 amide bonds. The Morgan fingerprint density at radius 3 is 2.38 bits per heavy atom. The molecule has 0 aliphatic heterocycles. The summed E-state index contributed by atoms with van der Waals surface area (Å²) in [6, 6.07) is 11.5. The molecule has 2 aromatic carbocycles. The maximum Gasteiger partial charge on any atom is 0.331 e. The second-order valence-corrected chi connectivity index (χ2v) is 5.92. The molecule has 0 spiro atoms. The van der Waals surface area contributed by atoms with Crippen LogP contribution >= 0.6 is 34.8 Å². The number of rotatable bonds is 5. The van der Waals surface area contributed by atoms with E-state index in [1.54, 1.807) is 42.5 Å². The van der Waals surface area contributed by atoms with Gasteiger partial charge in [0.2, 0.25) is 0 Å². The molecule has 0 unspecified atom stereocenters. The third-order valence-electron chi connectivity index (χ3n) is 2.83. The summed E-state index contributed by atoms with van der Waals surface area (Å²) in [6.07, 6.45) is 2.72. The molecule has 0 bridgehead atoms. The zero-order chi connectivity index (χ0) is 17.5. The van der Waals surface area contributed by atoms with Gasteiger partial charge in [-0.15, -0.1) is 0 Å². The van der Waals surface area contributed by atoms with Crippen LogP contribution in [0.15, 0.2) is 48.5 Å². The summed E-state index contributed by atoms with van der Waals surface area (Å²) in [6.45, 7) is -0.396. The topological polar surface area (TPSA) is 55.4 Å². The Morgan fingerprint density at radius 2 is 1.71 bits per heavy atom. The average Bonchev–Trinajstić information content (AvgIpc) is 2.56. The summed E-state index contributed by atoms with van der Waals surface area (Å²) in [5, 5.41) is 3.95. The highest BCUT2D eigenvalue weighted by molar-refractivity contribution is 6.42. The number of halogens is 3. The van der Waals surface area contributed by atoms with Gasteiger partial charge >= 0.3 is 5.97 Å². The molecule has 2 aromatic rings. The van der Waals surface area contributed by atoms with E-state index in [0.29, 0.717) is 26.3 Å². The minimum absolute atomic E-state index is 0.384. The number of nitrogens with one attached hydrogen (secondary N) is 1. The van der Waals surface area contributed by atoms with Gasteiger partial charge in [0.25, 0.3) is 5.91 Å². The van der Waals surface area contributed by atoms with Gasteiger partial charge in [0.1, 0.15) is 0 Å². The predicted molar refractivity (Wildman–Crippen MR) is 96.5 cm³/mol. The highest BCUT2D eigenvalue weighted by Crippen LogP contribution is 2.23. The van der Waals surface area contributed by atoms with Crippen molar-refractivity contribution in [2.75, 3.05) is 11.9 Å². The first-order valence-corrected chi connectivity index (χ1v) is 7.93. The van der Waals surface area contributed by atoms with Crippen molar-refractivity contribution in [2.24, 2.45) is 0 Å². The summed E-state index contributed by atoms with van der Waals surface area (Å²) in [5.74, 6) is -1.10. The van der Waals surface area contributed by atoms with Crippen LogP contribution in [0.25, 0.3) is 6.08 Å². The van der Waals surface area contributed by atoms with Gasteiger partial charge in [0.05, 0.1) is 10.0 Å². The number of carbonyl (C=O) groups is 2. The average molecular weight is 385 g/mol. The molecule has 24 heavy (non-hydrogen) atoms. The van der Waals surface area contributed by atoms with Crippen molar-refractivity contribution in [3.05, 3.63) is 69.2 Å². The van der Waals surface area contributed by atoms with Crippen LogP contribution in [0.3, 0.4) is 0 Å². The number of amides is 1. The summed E-state index contributed by atoms with van der Waals surface area (Å²) >= 11 is 17.4. The number of carbonyl (C=O) groups excluding carboxylic acids is 2. The van der Waals surface area contributed by atoms with E-state index in [2.05, 4.69) is 5.32 Å². The molecule has 0 aliphatic rings. The summed E-state index contributed by atoms with van der Waals surface area (Å²) in [7, 11) is 0. The van der Waals surface area contributed by atoms with E-state index in [1.165, 1.54) is 12.2 Å². The van der Waals surface area contributed by atoms with Gasteiger partial charge in [-0.3, -0.25) is 4.79 Å². The van der Waals surface area contributed by atoms with E-state index in [-0.39, 0.29) is 0 Å². The molecular weight excluding hydrogens is 373 g/mol. The predicted octanol–water partition coefficient (Wildman–Crippen LogP) is 4.84. The largest absolute Gasteiger partial charge is 0.452 e. The fourth-order valence-electron chi connectivity index (χ4n) is 1.70. The van der Waals surface area contributed by atoms with Gasteiger partial charge in [0.15, 0.2) is 6.61 Å². The summed E-state index contributed by atoms with van der Waals surface area (Å²) < 4.78 is 4.85. The van der Waals surface area contributed by atoms with Crippen molar-refractivity contribution in [3.8, 4) is 0 Å². The van der Waals surface area contributed by atoms with Gasteiger partial charge in [-0.25, -0.2) is 4.79 Å². The number of anilines is 1. The number of hydrogen-bond acceptors (Lipinski definition) is 3. The molecular formula is C17H12Cl3NO3. The summed E-state index contributed by atoms with van der Waals surface area (Å²) in [4.78, 5) is 23.3. The Kier molecular flexibility index (Phi) is 6.67. The van der Waals surface area contributed by atoms with Gasteiger partial charge in [-0.05, 0) is 48.0 Å². The third kappa shape index (κ3) is 5.89. The number of ether oxygens (including phenoxy) is 1. The molecule has 0 aliphatic carbocycles. The van der Waals surface area contributed by atoms with Crippen molar-refractivity contribution in [3.63, 3.8) is 0 Å². The molecule has 1 N–H and O–H groups in total. The Bertz CT molecular complexity index is 773. The van der Waals surface area contributed by atoms with E-state index in [1.807, 2.05) is 0 Å². The zero-order valence-electron chi connectivity index (χ0n) is 12.3.